The lowest BCUT2D eigenvalue weighted by Gasteiger charge is -2.18. The van der Waals surface area contributed by atoms with Crippen LogP contribution in [0.5, 0.6) is 0 Å². The number of carbonyl (C=O) groups excluding carboxylic acids is 2. The first-order valence-corrected chi connectivity index (χ1v) is 23.4. The number of ether oxygens (including phenoxy) is 2. The van der Waals surface area contributed by atoms with E-state index in [0.29, 0.717) is 12.8 Å². The van der Waals surface area contributed by atoms with E-state index in [4.69, 9.17) is 19.3 Å². The summed E-state index contributed by atoms with van der Waals surface area (Å²) in [6.07, 6.45) is 56.3. The van der Waals surface area contributed by atoms with Gasteiger partial charge in [0, 0.05) is 6.42 Å². The minimum absolute atomic E-state index is 0.0243. The Labute approximate surface area is 342 Å². The molecule has 0 rings (SSSR count). The van der Waals surface area contributed by atoms with Crippen LogP contribution in [0.25, 0.3) is 0 Å². The van der Waals surface area contributed by atoms with Crippen molar-refractivity contribution >= 4 is 19.8 Å². The lowest BCUT2D eigenvalue weighted by molar-refractivity contribution is -0.160. The summed E-state index contributed by atoms with van der Waals surface area (Å²) in [5.41, 5.74) is 0. The first-order valence-electron chi connectivity index (χ1n) is 21.9. The quantitative estimate of drug-likeness (QED) is 0.0273. The fourth-order valence-corrected chi connectivity index (χ4v) is 6.07. The lowest BCUT2D eigenvalue weighted by atomic mass is 10.0. The van der Waals surface area contributed by atoms with Gasteiger partial charge in [0.05, 0.1) is 13.0 Å². The molecule has 2 N–H and O–H groups in total. The van der Waals surface area contributed by atoms with E-state index in [0.717, 1.165) is 51.4 Å². The smallest absolute Gasteiger partial charge is 0.462 e. The number of phosphoric ester groups is 1. The van der Waals surface area contributed by atoms with Gasteiger partial charge in [-0.2, -0.15) is 0 Å². The molecule has 1 atom stereocenters. The molecule has 0 spiro atoms. The number of hydrogen-bond donors (Lipinski definition) is 2. The largest absolute Gasteiger partial charge is 0.469 e. The first kappa shape index (κ1) is 53.2. The third-order valence-corrected chi connectivity index (χ3v) is 9.42. The van der Waals surface area contributed by atoms with Gasteiger partial charge in [0.2, 0.25) is 0 Å². The molecule has 9 heteroatoms. The molecule has 0 radical (unpaired) electrons. The van der Waals surface area contributed by atoms with Crippen LogP contribution >= 0.6 is 7.82 Å². The Kier molecular flexibility index (Phi) is 39.8. The molecule has 0 saturated carbocycles. The second-order valence-electron chi connectivity index (χ2n) is 14.3. The Morgan fingerprint density at radius 1 is 0.500 bits per heavy atom. The Bertz CT molecular complexity index is 1180. The minimum atomic E-state index is -4.78. The number of unbranched alkanes of at least 4 members (excludes halogenated alkanes) is 16. The van der Waals surface area contributed by atoms with Crippen LogP contribution in [-0.4, -0.2) is 41.0 Å². The molecule has 56 heavy (non-hydrogen) atoms. The number of phosphoric acid groups is 1. The van der Waals surface area contributed by atoms with Gasteiger partial charge in [0.1, 0.15) is 6.61 Å². The third-order valence-electron chi connectivity index (χ3n) is 8.93. The van der Waals surface area contributed by atoms with E-state index in [1.54, 1.807) is 6.08 Å². The summed E-state index contributed by atoms with van der Waals surface area (Å²) < 4.78 is 26.3. The molecule has 320 valence electrons. The molecule has 0 aliphatic rings. The van der Waals surface area contributed by atoms with Crippen molar-refractivity contribution in [3.63, 3.8) is 0 Å². The summed E-state index contributed by atoms with van der Waals surface area (Å²) in [7, 11) is -4.78. The standard InChI is InChI=1S/C47H79O8P/c1-3-5-7-9-11-13-15-17-19-20-21-22-23-24-25-26-28-29-31-33-35-37-39-41-46(48)53-43-45(44-54-56(50,51)52)55-47(49)42-40-38-36-34-32-30-27-18-16-14-12-10-8-6-4-2/h6,8,12,14-15,17-18,20-21,27,32,34,38,40,45H,3-5,7,9-11,13,16,19,22-26,28-31,33,35-37,39,41-44H2,1-2H3,(H2,50,51,52)/b8-6-,14-12-,17-15-,21-20-,27-18-,34-32-,40-38-. The molecule has 0 amide bonds. The van der Waals surface area contributed by atoms with Gasteiger partial charge in [-0.1, -0.05) is 182 Å². The molecule has 0 aromatic carbocycles. The van der Waals surface area contributed by atoms with E-state index in [1.807, 2.05) is 12.2 Å². The average molecular weight is 803 g/mol. The normalized spacial score (nSPS) is 13.3. The monoisotopic (exact) mass is 803 g/mol. The van der Waals surface area contributed by atoms with Crippen LogP contribution in [0.1, 0.15) is 181 Å². The summed E-state index contributed by atoms with van der Waals surface area (Å²) >= 11 is 0. The number of esters is 2. The number of hydrogen-bond acceptors (Lipinski definition) is 6. The van der Waals surface area contributed by atoms with E-state index in [2.05, 4.69) is 85.2 Å². The van der Waals surface area contributed by atoms with Crippen LogP contribution in [0, 0.1) is 0 Å². The lowest BCUT2D eigenvalue weighted by Crippen LogP contribution is -2.29. The molecule has 0 saturated heterocycles. The molecular formula is C47H79O8P. The molecule has 8 nitrogen and oxygen atoms in total. The molecule has 0 heterocycles. The summed E-state index contributed by atoms with van der Waals surface area (Å²) in [4.78, 5) is 42.8. The van der Waals surface area contributed by atoms with Crippen molar-refractivity contribution < 1.29 is 37.9 Å². The topological polar surface area (TPSA) is 119 Å². The number of allylic oxidation sites excluding steroid dienone is 13. The second kappa shape index (κ2) is 41.9. The van der Waals surface area contributed by atoms with Gasteiger partial charge in [-0.05, 0) is 70.6 Å². The summed E-state index contributed by atoms with van der Waals surface area (Å²) in [5, 5.41) is 0. The van der Waals surface area contributed by atoms with Crippen molar-refractivity contribution in [2.45, 2.75) is 187 Å². The molecule has 0 aromatic heterocycles. The van der Waals surface area contributed by atoms with Crippen LogP contribution in [-0.2, 0) is 28.2 Å². The van der Waals surface area contributed by atoms with Crippen molar-refractivity contribution in [2.24, 2.45) is 0 Å². The van der Waals surface area contributed by atoms with E-state index >= 15 is 0 Å². The minimum Gasteiger partial charge on any atom is -0.462 e. The van der Waals surface area contributed by atoms with Crippen LogP contribution in [0.4, 0.5) is 0 Å². The molecule has 0 bridgehead atoms. The maximum Gasteiger partial charge on any atom is 0.469 e. The predicted octanol–water partition coefficient (Wildman–Crippen LogP) is 13.6. The van der Waals surface area contributed by atoms with Crippen LogP contribution in [0.3, 0.4) is 0 Å². The molecular weight excluding hydrogens is 723 g/mol. The Morgan fingerprint density at radius 3 is 1.38 bits per heavy atom. The molecule has 0 fully saturated rings. The van der Waals surface area contributed by atoms with Crippen molar-refractivity contribution in [1.82, 2.24) is 0 Å². The number of carbonyl (C=O) groups is 2. The fraction of sp³-hybridized carbons (Fsp3) is 0.660. The Hall–Kier alpha value is -2.77. The highest BCUT2D eigenvalue weighted by molar-refractivity contribution is 7.46. The zero-order valence-corrected chi connectivity index (χ0v) is 36.1. The van der Waals surface area contributed by atoms with Gasteiger partial charge in [-0.3, -0.25) is 14.1 Å². The highest BCUT2D eigenvalue weighted by Gasteiger charge is 2.22. The maximum absolute atomic E-state index is 12.3. The number of rotatable bonds is 39. The van der Waals surface area contributed by atoms with Gasteiger partial charge >= 0.3 is 19.8 Å². The zero-order chi connectivity index (χ0) is 41.1. The van der Waals surface area contributed by atoms with E-state index in [-0.39, 0.29) is 19.4 Å². The van der Waals surface area contributed by atoms with Gasteiger partial charge in [0.25, 0.3) is 0 Å². The van der Waals surface area contributed by atoms with Crippen LogP contribution in [0.2, 0.25) is 0 Å². The molecule has 0 aliphatic heterocycles. The molecule has 0 aliphatic carbocycles. The van der Waals surface area contributed by atoms with E-state index in [1.165, 1.54) is 89.9 Å². The van der Waals surface area contributed by atoms with Crippen LogP contribution < -0.4 is 0 Å². The Balaban J connectivity index is 3.97. The van der Waals surface area contributed by atoms with Gasteiger partial charge in [-0.25, -0.2) is 4.57 Å². The van der Waals surface area contributed by atoms with Crippen LogP contribution in [0.15, 0.2) is 85.1 Å². The highest BCUT2D eigenvalue weighted by atomic mass is 31.2. The zero-order valence-electron chi connectivity index (χ0n) is 35.3. The first-order chi connectivity index (χ1) is 27.3. The predicted molar refractivity (Wildman–Crippen MR) is 234 cm³/mol. The molecule has 0 aromatic rings. The maximum atomic E-state index is 12.3. The average Bonchev–Trinajstić information content (AvgIpc) is 3.17. The summed E-state index contributed by atoms with van der Waals surface area (Å²) in [6.45, 7) is 3.47. The van der Waals surface area contributed by atoms with E-state index < -0.39 is 32.5 Å². The fourth-order valence-electron chi connectivity index (χ4n) is 5.71. The highest BCUT2D eigenvalue weighted by Crippen LogP contribution is 2.36. The van der Waals surface area contributed by atoms with Gasteiger partial charge < -0.3 is 19.3 Å². The van der Waals surface area contributed by atoms with Crippen molar-refractivity contribution in [3.05, 3.63) is 85.1 Å². The summed E-state index contributed by atoms with van der Waals surface area (Å²) in [6, 6.07) is 0. The third kappa shape index (κ3) is 44.0. The SMILES string of the molecule is CC/C=C\C/C=C\C/C=C\C/C=C\C/C=C\CC(=O)OC(COC(=O)CCCCCCCCCCCCC/C=C\C/C=C\CCCCCCC)COP(=O)(O)O. The second-order valence-corrected chi connectivity index (χ2v) is 15.5. The van der Waals surface area contributed by atoms with Crippen molar-refractivity contribution in [2.75, 3.05) is 13.2 Å². The summed E-state index contributed by atoms with van der Waals surface area (Å²) in [5.74, 6) is -1.04. The Morgan fingerprint density at radius 2 is 0.911 bits per heavy atom. The van der Waals surface area contributed by atoms with Crippen molar-refractivity contribution in [3.8, 4) is 0 Å². The van der Waals surface area contributed by atoms with Gasteiger partial charge in [0.15, 0.2) is 6.10 Å². The van der Waals surface area contributed by atoms with E-state index in [9.17, 15) is 14.2 Å². The molecule has 1 unspecified atom stereocenters. The van der Waals surface area contributed by atoms with Crippen molar-refractivity contribution in [1.29, 1.82) is 0 Å². The van der Waals surface area contributed by atoms with Gasteiger partial charge in [-0.15, -0.1) is 0 Å².